The Labute approximate surface area is 115 Å². The zero-order valence-electron chi connectivity index (χ0n) is 11.3. The van der Waals surface area contributed by atoms with Gasteiger partial charge in [0.05, 0.1) is 11.1 Å². The number of alkyl halides is 3. The van der Waals surface area contributed by atoms with Gasteiger partial charge in [0.1, 0.15) is 0 Å². The van der Waals surface area contributed by atoms with Gasteiger partial charge in [-0.1, -0.05) is 12.2 Å². The summed E-state index contributed by atoms with van der Waals surface area (Å²) in [4.78, 5) is 12.6. The van der Waals surface area contributed by atoms with Crippen LogP contribution in [0.4, 0.5) is 18.9 Å². The highest BCUT2D eigenvalue weighted by atomic mass is 19.4. The van der Waals surface area contributed by atoms with Crippen molar-refractivity contribution in [2.24, 2.45) is 0 Å². The number of carboxylic acid groups (broad SMARTS) is 1. The highest BCUT2D eigenvalue weighted by molar-refractivity contribution is 5.90. The van der Waals surface area contributed by atoms with Crippen LogP contribution >= 0.6 is 0 Å². The van der Waals surface area contributed by atoms with Gasteiger partial charge in [0.15, 0.2) is 0 Å². The van der Waals surface area contributed by atoms with Crippen molar-refractivity contribution in [2.45, 2.75) is 20.0 Å². The van der Waals surface area contributed by atoms with Gasteiger partial charge in [-0.2, -0.15) is 13.2 Å². The SMILES string of the molecule is C=C(C)CN(CC)c1ccc(C(=O)O)c(C(F)(F)F)c1. The Kier molecular flexibility index (Phi) is 4.81. The summed E-state index contributed by atoms with van der Waals surface area (Å²) in [6, 6.07) is 3.24. The zero-order valence-corrected chi connectivity index (χ0v) is 11.3. The average molecular weight is 287 g/mol. The van der Waals surface area contributed by atoms with Crippen LogP contribution in [-0.4, -0.2) is 24.2 Å². The number of benzene rings is 1. The van der Waals surface area contributed by atoms with Crippen LogP contribution in [0.3, 0.4) is 0 Å². The Morgan fingerprint density at radius 2 is 2.00 bits per heavy atom. The number of carbonyl (C=O) groups is 1. The van der Waals surface area contributed by atoms with Crippen molar-refractivity contribution in [1.29, 1.82) is 0 Å². The summed E-state index contributed by atoms with van der Waals surface area (Å²) in [6.07, 6.45) is -4.70. The predicted octanol–water partition coefficient (Wildman–Crippen LogP) is 3.81. The minimum absolute atomic E-state index is 0.327. The molecular weight excluding hydrogens is 271 g/mol. The molecule has 0 bridgehead atoms. The second kappa shape index (κ2) is 5.98. The summed E-state index contributed by atoms with van der Waals surface area (Å²) >= 11 is 0. The zero-order chi connectivity index (χ0) is 15.5. The molecule has 0 amide bonds. The molecule has 0 saturated carbocycles. The second-order valence-corrected chi connectivity index (χ2v) is 4.50. The van der Waals surface area contributed by atoms with Crippen LogP contribution in [0.15, 0.2) is 30.4 Å². The minimum atomic E-state index is -4.70. The van der Waals surface area contributed by atoms with Crippen molar-refractivity contribution in [1.82, 2.24) is 0 Å². The predicted molar refractivity (Wildman–Crippen MR) is 71.1 cm³/mol. The average Bonchev–Trinajstić information content (AvgIpc) is 2.33. The highest BCUT2D eigenvalue weighted by Gasteiger charge is 2.35. The number of halogens is 3. The van der Waals surface area contributed by atoms with E-state index < -0.39 is 23.3 Å². The van der Waals surface area contributed by atoms with Crippen LogP contribution < -0.4 is 4.90 Å². The van der Waals surface area contributed by atoms with E-state index in [-0.39, 0.29) is 0 Å². The maximum Gasteiger partial charge on any atom is 0.417 e. The quantitative estimate of drug-likeness (QED) is 0.837. The van der Waals surface area contributed by atoms with Crippen LogP contribution in [0.25, 0.3) is 0 Å². The van der Waals surface area contributed by atoms with E-state index in [0.717, 1.165) is 17.7 Å². The molecule has 110 valence electrons. The van der Waals surface area contributed by atoms with Crippen LogP contribution in [-0.2, 0) is 6.18 Å². The molecule has 0 unspecified atom stereocenters. The molecule has 0 aliphatic carbocycles. The maximum absolute atomic E-state index is 12.9. The molecule has 0 fully saturated rings. The number of nitrogens with zero attached hydrogens (tertiary/aromatic N) is 1. The van der Waals surface area contributed by atoms with Crippen LogP contribution in [0.5, 0.6) is 0 Å². The molecule has 1 rings (SSSR count). The summed E-state index contributed by atoms with van der Waals surface area (Å²) in [7, 11) is 0. The van der Waals surface area contributed by atoms with Gasteiger partial charge >= 0.3 is 12.1 Å². The van der Waals surface area contributed by atoms with Crippen molar-refractivity contribution in [3.05, 3.63) is 41.5 Å². The molecule has 1 aromatic carbocycles. The smallest absolute Gasteiger partial charge is 0.417 e. The van der Waals surface area contributed by atoms with E-state index in [1.807, 2.05) is 0 Å². The molecule has 0 spiro atoms. The van der Waals surface area contributed by atoms with E-state index in [4.69, 9.17) is 5.11 Å². The van der Waals surface area contributed by atoms with Gasteiger partial charge in [0.2, 0.25) is 0 Å². The van der Waals surface area contributed by atoms with E-state index in [1.165, 1.54) is 6.07 Å². The first-order valence-corrected chi connectivity index (χ1v) is 6.00. The fraction of sp³-hybridized carbons (Fsp3) is 0.357. The Morgan fingerprint density at radius 1 is 1.40 bits per heavy atom. The van der Waals surface area contributed by atoms with Gasteiger partial charge in [0.25, 0.3) is 0 Å². The number of aromatic carboxylic acids is 1. The van der Waals surface area contributed by atoms with E-state index >= 15 is 0 Å². The largest absolute Gasteiger partial charge is 0.478 e. The van der Waals surface area contributed by atoms with Gasteiger partial charge in [0, 0.05) is 18.8 Å². The van der Waals surface area contributed by atoms with Gasteiger partial charge in [-0.25, -0.2) is 4.79 Å². The lowest BCUT2D eigenvalue weighted by Crippen LogP contribution is -2.25. The van der Waals surface area contributed by atoms with E-state index in [1.54, 1.807) is 18.7 Å². The van der Waals surface area contributed by atoms with Crippen LogP contribution in [0, 0.1) is 0 Å². The molecular formula is C14H16F3NO2. The van der Waals surface area contributed by atoms with E-state index in [2.05, 4.69) is 6.58 Å². The normalized spacial score (nSPS) is 11.2. The molecule has 1 aromatic rings. The van der Waals surface area contributed by atoms with Gasteiger partial charge in [-0.15, -0.1) is 0 Å². The van der Waals surface area contributed by atoms with Crippen molar-refractivity contribution in [3.8, 4) is 0 Å². The summed E-state index contributed by atoms with van der Waals surface area (Å²) in [5.74, 6) is -1.59. The summed E-state index contributed by atoms with van der Waals surface area (Å²) in [6.45, 7) is 8.22. The lowest BCUT2D eigenvalue weighted by atomic mass is 10.1. The van der Waals surface area contributed by atoms with Gasteiger partial charge in [-0.05, 0) is 32.0 Å². The molecule has 0 aliphatic rings. The molecule has 0 radical (unpaired) electrons. The molecule has 3 nitrogen and oxygen atoms in total. The lowest BCUT2D eigenvalue weighted by Gasteiger charge is -2.24. The molecule has 0 aromatic heterocycles. The second-order valence-electron chi connectivity index (χ2n) is 4.50. The number of anilines is 1. The van der Waals surface area contributed by atoms with E-state index in [0.29, 0.717) is 18.8 Å². The third kappa shape index (κ3) is 3.76. The first kappa shape index (κ1) is 16.1. The number of likely N-dealkylation sites (N-methyl/N-ethyl adjacent to an activating group) is 1. The van der Waals surface area contributed by atoms with Crippen molar-refractivity contribution >= 4 is 11.7 Å². The number of carboxylic acids is 1. The molecule has 20 heavy (non-hydrogen) atoms. The monoisotopic (exact) mass is 287 g/mol. The fourth-order valence-electron chi connectivity index (χ4n) is 1.86. The molecule has 0 atom stereocenters. The summed E-state index contributed by atoms with van der Waals surface area (Å²) < 4.78 is 38.8. The molecule has 0 heterocycles. The van der Waals surface area contributed by atoms with Crippen LogP contribution in [0.1, 0.15) is 29.8 Å². The topological polar surface area (TPSA) is 40.5 Å². The highest BCUT2D eigenvalue weighted by Crippen LogP contribution is 2.34. The molecule has 0 saturated heterocycles. The van der Waals surface area contributed by atoms with Crippen LogP contribution in [0.2, 0.25) is 0 Å². The standard InChI is InChI=1S/C14H16F3NO2/c1-4-18(8-9(2)3)10-5-6-11(13(19)20)12(7-10)14(15,16)17/h5-7H,2,4,8H2,1,3H3,(H,19,20). The third-order valence-corrected chi connectivity index (χ3v) is 2.75. The minimum Gasteiger partial charge on any atom is -0.478 e. The van der Waals surface area contributed by atoms with Gasteiger partial charge < -0.3 is 10.0 Å². The molecule has 6 heteroatoms. The Hall–Kier alpha value is -1.98. The molecule has 0 aliphatic heterocycles. The first-order chi connectivity index (χ1) is 9.16. The summed E-state index contributed by atoms with van der Waals surface area (Å²) in [5.41, 5.74) is -0.745. The number of hydrogen-bond acceptors (Lipinski definition) is 2. The number of rotatable bonds is 5. The first-order valence-electron chi connectivity index (χ1n) is 6.00. The molecule has 1 N–H and O–H groups in total. The van der Waals surface area contributed by atoms with E-state index in [9.17, 15) is 18.0 Å². The Balaban J connectivity index is 3.31. The summed E-state index contributed by atoms with van der Waals surface area (Å²) in [5, 5.41) is 8.83. The lowest BCUT2D eigenvalue weighted by molar-refractivity contribution is -0.138. The van der Waals surface area contributed by atoms with Crippen molar-refractivity contribution in [3.63, 3.8) is 0 Å². The maximum atomic E-state index is 12.9. The van der Waals surface area contributed by atoms with Crippen molar-refractivity contribution in [2.75, 3.05) is 18.0 Å². The van der Waals surface area contributed by atoms with Gasteiger partial charge in [-0.3, -0.25) is 0 Å². The number of hydrogen-bond donors (Lipinski definition) is 1. The van der Waals surface area contributed by atoms with Crippen molar-refractivity contribution < 1.29 is 23.1 Å². The Morgan fingerprint density at radius 3 is 2.40 bits per heavy atom. The Bertz CT molecular complexity index is 524. The fourth-order valence-corrected chi connectivity index (χ4v) is 1.86. The third-order valence-electron chi connectivity index (χ3n) is 2.75.